The van der Waals surface area contributed by atoms with Gasteiger partial charge in [0.05, 0.1) is 18.0 Å². The lowest BCUT2D eigenvalue weighted by molar-refractivity contribution is -0.137. The van der Waals surface area contributed by atoms with Crippen LogP contribution < -0.4 is 19.9 Å². The maximum Gasteiger partial charge on any atom is 0.242 e. The molecule has 0 bridgehead atoms. The molecule has 3 heterocycles. The zero-order valence-corrected chi connectivity index (χ0v) is 22.3. The summed E-state index contributed by atoms with van der Waals surface area (Å²) in [5.41, 5.74) is 1.42. The number of fused-ring (bicyclic) bond motifs is 1. The zero-order valence-electron chi connectivity index (χ0n) is 22.3. The van der Waals surface area contributed by atoms with Gasteiger partial charge in [-0.1, -0.05) is 0 Å². The van der Waals surface area contributed by atoms with E-state index in [9.17, 15) is 9.59 Å². The molecular weight excluding hydrogens is 468 g/mol. The number of pyridine rings is 1. The van der Waals surface area contributed by atoms with Crippen LogP contribution in [0.2, 0.25) is 0 Å². The Hall–Kier alpha value is -3.65. The Labute approximate surface area is 218 Å². The predicted molar refractivity (Wildman–Crippen MR) is 144 cm³/mol. The molecule has 8 nitrogen and oxygen atoms in total. The number of carbonyl (C=O) groups excluding carboxylic acids is 2. The lowest BCUT2D eigenvalue weighted by Crippen LogP contribution is -2.47. The van der Waals surface area contributed by atoms with Crippen molar-refractivity contribution in [3.8, 4) is 5.75 Å². The molecule has 196 valence electrons. The Morgan fingerprint density at radius 3 is 2.49 bits per heavy atom. The van der Waals surface area contributed by atoms with Crippen molar-refractivity contribution in [2.24, 2.45) is 5.41 Å². The van der Waals surface area contributed by atoms with Gasteiger partial charge in [0.1, 0.15) is 22.7 Å². The highest BCUT2D eigenvalue weighted by Gasteiger charge is 2.45. The molecule has 1 unspecified atom stereocenters. The number of ether oxygens (including phenoxy) is 1. The van der Waals surface area contributed by atoms with Gasteiger partial charge in [-0.05, 0) is 82.6 Å². The fourth-order valence-electron chi connectivity index (χ4n) is 4.71. The topological polar surface area (TPSA) is 87.9 Å². The summed E-state index contributed by atoms with van der Waals surface area (Å²) in [6.07, 6.45) is 5.13. The molecule has 0 saturated heterocycles. The van der Waals surface area contributed by atoms with Crippen LogP contribution in [0.1, 0.15) is 50.3 Å². The standard InChI is InChI=1S/C29H36N4O4/c1-6-33-25-11-10-22(19-26(25)32(5)27(34)29(3,4)28(33)35)36-17-7-14-31-24(21-12-15-30-16-13-21)18-23-9-8-20(2)37-23/h8-13,15-16,19,24,31H,6-7,14,17-18H2,1-5H3. The van der Waals surface area contributed by atoms with E-state index in [2.05, 4.69) is 10.3 Å². The lowest BCUT2D eigenvalue weighted by Gasteiger charge is -2.27. The maximum atomic E-state index is 13.1. The number of nitrogens with zero attached hydrogens (tertiary/aromatic N) is 3. The molecule has 8 heteroatoms. The quantitative estimate of drug-likeness (QED) is 0.319. The van der Waals surface area contributed by atoms with Gasteiger partial charge in [-0.3, -0.25) is 14.6 Å². The summed E-state index contributed by atoms with van der Waals surface area (Å²) >= 11 is 0. The maximum absolute atomic E-state index is 13.1. The smallest absolute Gasteiger partial charge is 0.242 e. The van der Waals surface area contributed by atoms with Crippen LogP contribution >= 0.6 is 0 Å². The number of benzene rings is 1. The average Bonchev–Trinajstić information content (AvgIpc) is 3.30. The molecule has 2 aromatic heterocycles. The van der Waals surface area contributed by atoms with E-state index < -0.39 is 5.41 Å². The number of aryl methyl sites for hydroxylation is 1. The van der Waals surface area contributed by atoms with E-state index >= 15 is 0 Å². The van der Waals surface area contributed by atoms with Gasteiger partial charge in [0, 0.05) is 44.5 Å². The van der Waals surface area contributed by atoms with Crippen LogP contribution in [-0.4, -0.2) is 43.5 Å². The molecule has 37 heavy (non-hydrogen) atoms. The van der Waals surface area contributed by atoms with Crippen LogP contribution in [0, 0.1) is 12.3 Å². The summed E-state index contributed by atoms with van der Waals surface area (Å²) in [5, 5.41) is 3.61. The Morgan fingerprint density at radius 2 is 1.81 bits per heavy atom. The molecule has 1 aliphatic rings. The van der Waals surface area contributed by atoms with E-state index in [0.717, 1.165) is 42.2 Å². The number of furan rings is 1. The molecule has 0 aliphatic carbocycles. The minimum atomic E-state index is -1.13. The molecule has 4 rings (SSSR count). The van der Waals surface area contributed by atoms with Crippen LogP contribution in [0.25, 0.3) is 0 Å². The fourth-order valence-corrected chi connectivity index (χ4v) is 4.71. The first-order valence-electron chi connectivity index (χ1n) is 12.8. The minimum absolute atomic E-state index is 0.0987. The second-order valence-electron chi connectivity index (χ2n) is 9.89. The summed E-state index contributed by atoms with van der Waals surface area (Å²) in [7, 11) is 1.71. The first-order valence-corrected chi connectivity index (χ1v) is 12.8. The molecular formula is C29H36N4O4. The molecule has 1 atom stereocenters. The van der Waals surface area contributed by atoms with Crippen LogP contribution in [0.4, 0.5) is 11.4 Å². The third-order valence-corrected chi connectivity index (χ3v) is 6.82. The molecule has 0 radical (unpaired) electrons. The van der Waals surface area contributed by atoms with Crippen LogP contribution in [0.3, 0.4) is 0 Å². The van der Waals surface area contributed by atoms with Crippen molar-refractivity contribution in [2.75, 3.05) is 36.5 Å². The lowest BCUT2D eigenvalue weighted by atomic mass is 9.90. The molecule has 0 saturated carbocycles. The van der Waals surface area contributed by atoms with Gasteiger partial charge in [0.25, 0.3) is 0 Å². The summed E-state index contributed by atoms with van der Waals surface area (Å²) in [5.74, 6) is 2.08. The number of rotatable bonds is 10. The highest BCUT2D eigenvalue weighted by atomic mass is 16.5. The largest absolute Gasteiger partial charge is 0.493 e. The minimum Gasteiger partial charge on any atom is -0.493 e. The molecule has 0 fully saturated rings. The van der Waals surface area contributed by atoms with Gasteiger partial charge >= 0.3 is 0 Å². The van der Waals surface area contributed by atoms with Crippen molar-refractivity contribution in [3.63, 3.8) is 0 Å². The molecule has 2 amide bonds. The second-order valence-corrected chi connectivity index (χ2v) is 9.89. The molecule has 1 aliphatic heterocycles. The first kappa shape index (κ1) is 26.4. The number of nitrogens with one attached hydrogen (secondary N) is 1. The van der Waals surface area contributed by atoms with Crippen LogP contribution in [0.5, 0.6) is 5.75 Å². The van der Waals surface area contributed by atoms with Crippen molar-refractivity contribution in [1.82, 2.24) is 10.3 Å². The molecule has 0 spiro atoms. The van der Waals surface area contributed by atoms with E-state index in [1.165, 1.54) is 0 Å². The molecule has 1 N–H and O–H groups in total. The summed E-state index contributed by atoms with van der Waals surface area (Å²) in [6, 6.07) is 13.7. The van der Waals surface area contributed by atoms with Gasteiger partial charge in [0.2, 0.25) is 11.8 Å². The second kappa shape index (κ2) is 11.2. The number of hydrogen-bond donors (Lipinski definition) is 1. The van der Waals surface area contributed by atoms with Gasteiger partial charge in [-0.15, -0.1) is 0 Å². The van der Waals surface area contributed by atoms with Gasteiger partial charge in [-0.25, -0.2) is 0 Å². The van der Waals surface area contributed by atoms with Gasteiger partial charge < -0.3 is 24.3 Å². The van der Waals surface area contributed by atoms with Crippen LogP contribution in [-0.2, 0) is 16.0 Å². The van der Waals surface area contributed by atoms with E-state index in [1.807, 2.05) is 56.3 Å². The third-order valence-electron chi connectivity index (χ3n) is 6.82. The summed E-state index contributed by atoms with van der Waals surface area (Å²) in [4.78, 5) is 33.5. The monoisotopic (exact) mass is 504 g/mol. The van der Waals surface area contributed by atoms with E-state index in [0.29, 0.717) is 24.6 Å². The Bertz CT molecular complexity index is 1240. The molecule has 1 aromatic carbocycles. The van der Waals surface area contributed by atoms with Crippen molar-refractivity contribution in [3.05, 3.63) is 71.9 Å². The van der Waals surface area contributed by atoms with Crippen molar-refractivity contribution < 1.29 is 18.7 Å². The van der Waals surface area contributed by atoms with Crippen molar-refractivity contribution in [1.29, 1.82) is 0 Å². The average molecular weight is 505 g/mol. The highest BCUT2D eigenvalue weighted by molar-refractivity contribution is 6.20. The fraction of sp³-hybridized carbons (Fsp3) is 0.414. The van der Waals surface area contributed by atoms with E-state index in [4.69, 9.17) is 9.15 Å². The van der Waals surface area contributed by atoms with Gasteiger partial charge in [-0.2, -0.15) is 0 Å². The first-order chi connectivity index (χ1) is 17.7. The molecule has 3 aromatic rings. The van der Waals surface area contributed by atoms with E-state index in [-0.39, 0.29) is 17.9 Å². The highest BCUT2D eigenvalue weighted by Crippen LogP contribution is 2.40. The summed E-state index contributed by atoms with van der Waals surface area (Å²) in [6.45, 7) is 8.97. The number of hydrogen-bond acceptors (Lipinski definition) is 6. The number of aromatic nitrogens is 1. The number of amides is 2. The number of carbonyl (C=O) groups is 2. The van der Waals surface area contributed by atoms with Crippen molar-refractivity contribution in [2.45, 2.75) is 46.6 Å². The number of anilines is 2. The van der Waals surface area contributed by atoms with Crippen molar-refractivity contribution >= 4 is 23.2 Å². The van der Waals surface area contributed by atoms with E-state index in [1.54, 1.807) is 43.1 Å². The Kier molecular flexibility index (Phi) is 7.97. The Morgan fingerprint density at radius 1 is 1.05 bits per heavy atom. The normalized spacial score (nSPS) is 15.9. The third kappa shape index (κ3) is 5.69. The SMILES string of the molecule is CCN1C(=O)C(C)(C)C(=O)N(C)c2cc(OCCCNC(Cc3ccc(C)o3)c3ccncc3)ccc21. The Balaban J connectivity index is 1.38. The predicted octanol–water partition coefficient (Wildman–Crippen LogP) is 4.68. The van der Waals surface area contributed by atoms with Gasteiger partial charge in [0.15, 0.2) is 0 Å². The zero-order chi connectivity index (χ0) is 26.6. The van der Waals surface area contributed by atoms with Crippen LogP contribution in [0.15, 0.2) is 59.3 Å². The summed E-state index contributed by atoms with van der Waals surface area (Å²) < 4.78 is 11.8.